The minimum atomic E-state index is -4.15. The molecule has 1 N–H and O–H groups in total. The summed E-state index contributed by atoms with van der Waals surface area (Å²) in [5, 5.41) is 2.89. The second-order valence-corrected chi connectivity index (χ2v) is 4.35. The van der Waals surface area contributed by atoms with Crippen molar-refractivity contribution in [2.24, 2.45) is 0 Å². The third kappa shape index (κ3) is 4.77. The fraction of sp³-hybridized carbons (Fsp3) is 0.538. The average molecular weight is 245 g/mol. The fourth-order valence-corrected chi connectivity index (χ4v) is 2.00. The van der Waals surface area contributed by atoms with Gasteiger partial charge in [-0.25, -0.2) is 0 Å². The minimum Gasteiger partial charge on any atom is -0.310 e. The van der Waals surface area contributed by atoms with Crippen molar-refractivity contribution in [2.45, 2.75) is 39.4 Å². The maximum Gasteiger partial charge on any atom is 0.390 e. The highest BCUT2D eigenvalue weighted by Gasteiger charge is 2.32. The second kappa shape index (κ2) is 5.54. The molecule has 0 aliphatic rings. The van der Waals surface area contributed by atoms with Crippen LogP contribution >= 0.6 is 0 Å². The summed E-state index contributed by atoms with van der Waals surface area (Å²) in [7, 11) is 0. The van der Waals surface area contributed by atoms with E-state index in [1.54, 1.807) is 0 Å². The van der Waals surface area contributed by atoms with Crippen molar-refractivity contribution in [3.8, 4) is 0 Å². The highest BCUT2D eigenvalue weighted by atomic mass is 19.4. The molecular formula is C13H18F3N. The van der Waals surface area contributed by atoms with Crippen molar-refractivity contribution in [2.75, 3.05) is 6.54 Å². The van der Waals surface area contributed by atoms with Gasteiger partial charge in [0.05, 0.1) is 6.42 Å². The van der Waals surface area contributed by atoms with Crippen LogP contribution in [0.1, 0.15) is 36.1 Å². The maximum absolute atomic E-state index is 12.5. The van der Waals surface area contributed by atoms with E-state index in [1.807, 2.05) is 39.0 Å². The highest BCUT2D eigenvalue weighted by molar-refractivity contribution is 5.30. The monoisotopic (exact) mass is 245 g/mol. The summed E-state index contributed by atoms with van der Waals surface area (Å²) in [6.07, 6.45) is -4.98. The largest absolute Gasteiger partial charge is 0.390 e. The smallest absolute Gasteiger partial charge is 0.310 e. The Morgan fingerprint density at radius 2 is 1.65 bits per heavy atom. The average Bonchev–Trinajstić information content (AvgIpc) is 2.13. The Morgan fingerprint density at radius 3 is 2.06 bits per heavy atom. The predicted molar refractivity (Wildman–Crippen MR) is 63.0 cm³/mol. The van der Waals surface area contributed by atoms with Crippen LogP contribution in [0.15, 0.2) is 18.2 Å². The van der Waals surface area contributed by atoms with Crippen LogP contribution in [0.3, 0.4) is 0 Å². The van der Waals surface area contributed by atoms with Gasteiger partial charge in [-0.1, -0.05) is 36.2 Å². The summed E-state index contributed by atoms with van der Waals surface area (Å²) < 4.78 is 37.4. The number of aryl methyl sites for hydroxylation is 2. The minimum absolute atomic E-state index is 0.522. The van der Waals surface area contributed by atoms with Crippen LogP contribution in [-0.2, 0) is 0 Å². The van der Waals surface area contributed by atoms with Gasteiger partial charge in [-0.2, -0.15) is 13.2 Å². The van der Waals surface area contributed by atoms with Crippen LogP contribution in [0.4, 0.5) is 13.2 Å². The molecule has 0 radical (unpaired) electrons. The maximum atomic E-state index is 12.5. The molecule has 0 spiro atoms. The summed E-state index contributed by atoms with van der Waals surface area (Å²) in [5.41, 5.74) is 2.69. The molecule has 1 aromatic carbocycles. The third-order valence-electron chi connectivity index (χ3n) is 2.53. The van der Waals surface area contributed by atoms with Crippen molar-refractivity contribution in [1.82, 2.24) is 5.32 Å². The van der Waals surface area contributed by atoms with E-state index in [4.69, 9.17) is 0 Å². The van der Waals surface area contributed by atoms with E-state index in [0.717, 1.165) is 11.1 Å². The Balaban J connectivity index is 2.96. The molecule has 0 aromatic heterocycles. The van der Waals surface area contributed by atoms with Crippen LogP contribution < -0.4 is 5.32 Å². The van der Waals surface area contributed by atoms with E-state index in [1.165, 1.54) is 0 Å². The topological polar surface area (TPSA) is 12.0 Å². The zero-order valence-electron chi connectivity index (χ0n) is 10.4. The number of benzene rings is 1. The first-order chi connectivity index (χ1) is 7.81. The first-order valence-corrected chi connectivity index (χ1v) is 5.70. The van der Waals surface area contributed by atoms with Gasteiger partial charge in [0.25, 0.3) is 0 Å². The lowest BCUT2D eigenvalue weighted by molar-refractivity contribution is -0.140. The molecule has 0 fully saturated rings. The number of hydrogen-bond acceptors (Lipinski definition) is 1. The summed E-state index contributed by atoms with van der Waals surface area (Å²) in [6.45, 7) is 6.12. The lowest BCUT2D eigenvalue weighted by Gasteiger charge is -2.21. The zero-order chi connectivity index (χ0) is 13.1. The standard InChI is InChI=1S/C13H18F3N/c1-4-17-12(8-13(14,15)16)11-6-9(2)5-10(3)7-11/h5-7,12,17H,4,8H2,1-3H3. The van der Waals surface area contributed by atoms with Crippen molar-refractivity contribution < 1.29 is 13.2 Å². The molecule has 17 heavy (non-hydrogen) atoms. The van der Waals surface area contributed by atoms with Gasteiger partial charge in [0.2, 0.25) is 0 Å². The Labute approximate surface area is 100 Å². The molecule has 1 rings (SSSR count). The molecule has 1 atom stereocenters. The van der Waals surface area contributed by atoms with Crippen LogP contribution in [0.25, 0.3) is 0 Å². The van der Waals surface area contributed by atoms with Crippen LogP contribution in [0, 0.1) is 13.8 Å². The van der Waals surface area contributed by atoms with Crippen molar-refractivity contribution in [1.29, 1.82) is 0 Å². The molecular weight excluding hydrogens is 227 g/mol. The molecule has 0 amide bonds. The highest BCUT2D eigenvalue weighted by Crippen LogP contribution is 2.30. The number of hydrogen-bond donors (Lipinski definition) is 1. The quantitative estimate of drug-likeness (QED) is 0.848. The predicted octanol–water partition coefficient (Wildman–Crippen LogP) is 3.91. The van der Waals surface area contributed by atoms with Gasteiger partial charge in [-0.3, -0.25) is 0 Å². The van der Waals surface area contributed by atoms with Gasteiger partial charge < -0.3 is 5.32 Å². The van der Waals surface area contributed by atoms with Crippen LogP contribution in [-0.4, -0.2) is 12.7 Å². The van der Waals surface area contributed by atoms with Gasteiger partial charge in [-0.15, -0.1) is 0 Å². The third-order valence-corrected chi connectivity index (χ3v) is 2.53. The van der Waals surface area contributed by atoms with E-state index < -0.39 is 18.6 Å². The molecule has 0 saturated heterocycles. The summed E-state index contributed by atoms with van der Waals surface area (Å²) in [5.74, 6) is 0. The van der Waals surface area contributed by atoms with Crippen molar-refractivity contribution in [3.63, 3.8) is 0 Å². The zero-order valence-corrected chi connectivity index (χ0v) is 10.4. The molecule has 0 saturated carbocycles. The van der Waals surface area contributed by atoms with E-state index in [2.05, 4.69) is 5.32 Å². The Bertz CT molecular complexity index is 351. The van der Waals surface area contributed by atoms with Gasteiger partial charge >= 0.3 is 6.18 Å². The molecule has 1 aromatic rings. The Morgan fingerprint density at radius 1 is 1.12 bits per heavy atom. The molecule has 0 heterocycles. The van der Waals surface area contributed by atoms with Crippen molar-refractivity contribution >= 4 is 0 Å². The van der Waals surface area contributed by atoms with E-state index >= 15 is 0 Å². The van der Waals surface area contributed by atoms with E-state index in [0.29, 0.717) is 12.1 Å². The van der Waals surface area contributed by atoms with Crippen LogP contribution in [0.2, 0.25) is 0 Å². The molecule has 0 aliphatic heterocycles. The van der Waals surface area contributed by atoms with Gasteiger partial charge in [0.1, 0.15) is 0 Å². The number of alkyl halides is 3. The second-order valence-electron chi connectivity index (χ2n) is 4.35. The molecule has 96 valence electrons. The normalized spacial score (nSPS) is 13.8. The van der Waals surface area contributed by atoms with Gasteiger partial charge in [0, 0.05) is 6.04 Å². The number of nitrogens with one attached hydrogen (secondary N) is 1. The summed E-state index contributed by atoms with van der Waals surface area (Å²) in [6, 6.07) is 4.93. The lowest BCUT2D eigenvalue weighted by Crippen LogP contribution is -2.26. The van der Waals surface area contributed by atoms with Crippen molar-refractivity contribution in [3.05, 3.63) is 34.9 Å². The van der Waals surface area contributed by atoms with E-state index in [9.17, 15) is 13.2 Å². The van der Waals surface area contributed by atoms with E-state index in [-0.39, 0.29) is 0 Å². The van der Waals surface area contributed by atoms with Crippen LogP contribution in [0.5, 0.6) is 0 Å². The Hall–Kier alpha value is -1.03. The first-order valence-electron chi connectivity index (χ1n) is 5.70. The van der Waals surface area contributed by atoms with Gasteiger partial charge in [-0.05, 0) is 26.0 Å². The molecule has 0 bridgehead atoms. The number of rotatable bonds is 4. The molecule has 1 unspecified atom stereocenters. The lowest BCUT2D eigenvalue weighted by atomic mass is 9.99. The summed E-state index contributed by atoms with van der Waals surface area (Å²) >= 11 is 0. The SMILES string of the molecule is CCNC(CC(F)(F)F)c1cc(C)cc(C)c1. The molecule has 0 aliphatic carbocycles. The molecule has 4 heteroatoms. The molecule has 1 nitrogen and oxygen atoms in total. The number of halogens is 3. The summed E-state index contributed by atoms with van der Waals surface area (Å²) in [4.78, 5) is 0. The Kier molecular flexibility index (Phi) is 4.57. The first kappa shape index (κ1) is 14.0. The van der Waals surface area contributed by atoms with Gasteiger partial charge in [0.15, 0.2) is 0 Å². The fourth-order valence-electron chi connectivity index (χ4n) is 2.00.